The van der Waals surface area contributed by atoms with Gasteiger partial charge in [0.05, 0.1) is 4.92 Å². The molecular weight excluding hydrogens is 351 g/mol. The van der Waals surface area contributed by atoms with Crippen LogP contribution in [0.25, 0.3) is 0 Å². The van der Waals surface area contributed by atoms with Gasteiger partial charge in [-0.1, -0.05) is 0 Å². The Hall–Kier alpha value is -1.38. The lowest BCUT2D eigenvalue weighted by molar-refractivity contribution is -0.384. The summed E-state index contributed by atoms with van der Waals surface area (Å²) in [6, 6.07) is 4.95. The van der Waals surface area contributed by atoms with Crippen LogP contribution < -0.4 is 4.90 Å². The third kappa shape index (κ3) is 2.89. The fraction of sp³-hybridized carbons (Fsp3) is 0.364. The summed E-state index contributed by atoms with van der Waals surface area (Å²) in [5, 5.41) is 19.9. The summed E-state index contributed by atoms with van der Waals surface area (Å²) in [4.78, 5) is 23.0. The van der Waals surface area contributed by atoms with E-state index >= 15 is 0 Å². The molecule has 0 aliphatic heterocycles. The van der Waals surface area contributed by atoms with Gasteiger partial charge in [-0.05, 0) is 47.6 Å². The number of anilines is 1. The number of aliphatic carboxylic acids is 1. The summed E-state index contributed by atoms with van der Waals surface area (Å²) in [5.41, 5.74) is 0.361. The first-order chi connectivity index (χ1) is 8.49. The Morgan fingerprint density at radius 1 is 1.56 bits per heavy atom. The number of carboxylic acid groups (broad SMARTS) is 1. The molecule has 0 unspecified atom stereocenters. The maximum atomic E-state index is 11.0. The lowest BCUT2D eigenvalue weighted by atomic mass is 10.2. The summed E-state index contributed by atoms with van der Waals surface area (Å²) >= 11 is 2.00. The van der Waals surface area contributed by atoms with Crippen molar-refractivity contribution in [3.63, 3.8) is 0 Å². The topological polar surface area (TPSA) is 83.7 Å². The van der Waals surface area contributed by atoms with Crippen LogP contribution in [0.4, 0.5) is 11.4 Å². The van der Waals surface area contributed by atoms with Crippen molar-refractivity contribution in [2.45, 2.75) is 18.9 Å². The Morgan fingerprint density at radius 3 is 2.72 bits per heavy atom. The zero-order chi connectivity index (χ0) is 13.3. The van der Waals surface area contributed by atoms with Gasteiger partial charge in [0, 0.05) is 15.7 Å². The van der Waals surface area contributed by atoms with E-state index in [1.54, 1.807) is 17.0 Å². The first kappa shape index (κ1) is 13.1. The van der Waals surface area contributed by atoms with Gasteiger partial charge in [0.1, 0.15) is 12.2 Å². The third-order valence-corrected chi connectivity index (χ3v) is 3.41. The van der Waals surface area contributed by atoms with Crippen LogP contribution in [0.3, 0.4) is 0 Å². The molecule has 0 radical (unpaired) electrons. The summed E-state index contributed by atoms with van der Waals surface area (Å²) in [6.07, 6.45) is 1.77. The average molecular weight is 362 g/mol. The predicted octanol–water partition coefficient (Wildman–Crippen LogP) is 2.25. The molecule has 1 N–H and O–H groups in total. The molecular formula is C11H11IN2O4. The lowest BCUT2D eigenvalue weighted by Gasteiger charge is -2.22. The van der Waals surface area contributed by atoms with Gasteiger partial charge in [0.2, 0.25) is 0 Å². The van der Waals surface area contributed by atoms with Crippen LogP contribution in [0.2, 0.25) is 0 Å². The van der Waals surface area contributed by atoms with Gasteiger partial charge in [-0.15, -0.1) is 0 Å². The number of carboxylic acids is 1. The molecule has 1 aliphatic carbocycles. The fourth-order valence-electron chi connectivity index (χ4n) is 1.83. The van der Waals surface area contributed by atoms with E-state index in [0.29, 0.717) is 5.69 Å². The van der Waals surface area contributed by atoms with Crippen LogP contribution in [0, 0.1) is 13.7 Å². The number of nitro groups is 1. The summed E-state index contributed by atoms with van der Waals surface area (Å²) in [5.74, 6) is -0.977. The molecule has 7 heteroatoms. The minimum atomic E-state index is -0.977. The number of nitrogens with zero attached hydrogens (tertiary/aromatic N) is 2. The molecule has 0 spiro atoms. The standard InChI is InChI=1S/C11H11IN2O4/c12-7-1-4-9(10(5-7)14(17)18)13(6-11(15)16)8-2-3-8/h1,4-5,8H,2-3,6H2,(H,15,16). The highest BCUT2D eigenvalue weighted by atomic mass is 127. The molecule has 2 rings (SSSR count). The van der Waals surface area contributed by atoms with Crippen LogP contribution in [0.1, 0.15) is 12.8 Å². The first-order valence-corrected chi connectivity index (χ1v) is 6.49. The number of hydrogen-bond acceptors (Lipinski definition) is 4. The Balaban J connectivity index is 2.40. The molecule has 96 valence electrons. The normalized spacial score (nSPS) is 14.3. The van der Waals surface area contributed by atoms with E-state index in [0.717, 1.165) is 16.4 Å². The highest BCUT2D eigenvalue weighted by Crippen LogP contribution is 2.37. The molecule has 0 aromatic heterocycles. The Kier molecular flexibility index (Phi) is 3.69. The molecule has 1 saturated carbocycles. The molecule has 1 aromatic carbocycles. The van der Waals surface area contributed by atoms with Gasteiger partial charge in [-0.2, -0.15) is 0 Å². The van der Waals surface area contributed by atoms with Crippen molar-refractivity contribution < 1.29 is 14.8 Å². The predicted molar refractivity (Wildman–Crippen MR) is 73.8 cm³/mol. The van der Waals surface area contributed by atoms with Crippen LogP contribution in [0.15, 0.2) is 18.2 Å². The molecule has 1 fully saturated rings. The molecule has 0 saturated heterocycles. The monoisotopic (exact) mass is 362 g/mol. The minimum Gasteiger partial charge on any atom is -0.480 e. The van der Waals surface area contributed by atoms with E-state index < -0.39 is 10.9 Å². The maximum absolute atomic E-state index is 11.0. The van der Waals surface area contributed by atoms with Crippen LogP contribution >= 0.6 is 22.6 Å². The quantitative estimate of drug-likeness (QED) is 0.494. The largest absolute Gasteiger partial charge is 0.480 e. The van der Waals surface area contributed by atoms with Crippen molar-refractivity contribution in [3.05, 3.63) is 31.9 Å². The summed E-state index contributed by atoms with van der Waals surface area (Å²) < 4.78 is 0.758. The van der Waals surface area contributed by atoms with Crippen molar-refractivity contribution in [2.24, 2.45) is 0 Å². The van der Waals surface area contributed by atoms with Gasteiger partial charge in [-0.25, -0.2) is 0 Å². The van der Waals surface area contributed by atoms with Crippen molar-refractivity contribution in [1.29, 1.82) is 0 Å². The van der Waals surface area contributed by atoms with E-state index in [1.807, 2.05) is 22.6 Å². The van der Waals surface area contributed by atoms with E-state index in [2.05, 4.69) is 0 Å². The molecule has 0 atom stereocenters. The van der Waals surface area contributed by atoms with Gasteiger partial charge in [0.25, 0.3) is 5.69 Å². The van der Waals surface area contributed by atoms with E-state index in [-0.39, 0.29) is 18.3 Å². The molecule has 18 heavy (non-hydrogen) atoms. The SMILES string of the molecule is O=C(O)CN(c1ccc(I)cc1[N+](=O)[O-])C1CC1. The number of halogens is 1. The van der Waals surface area contributed by atoms with Crippen LogP contribution in [-0.2, 0) is 4.79 Å². The number of carbonyl (C=O) groups is 1. The van der Waals surface area contributed by atoms with Crippen molar-refractivity contribution in [1.82, 2.24) is 0 Å². The van der Waals surface area contributed by atoms with Crippen molar-refractivity contribution in [3.8, 4) is 0 Å². The van der Waals surface area contributed by atoms with Gasteiger partial charge < -0.3 is 10.0 Å². The minimum absolute atomic E-state index is 0.0324. The molecule has 0 bridgehead atoms. The Bertz CT molecular complexity index is 502. The molecule has 0 amide bonds. The zero-order valence-electron chi connectivity index (χ0n) is 9.38. The zero-order valence-corrected chi connectivity index (χ0v) is 11.5. The van der Waals surface area contributed by atoms with Crippen molar-refractivity contribution in [2.75, 3.05) is 11.4 Å². The van der Waals surface area contributed by atoms with E-state index in [4.69, 9.17) is 5.11 Å². The van der Waals surface area contributed by atoms with Crippen LogP contribution in [0.5, 0.6) is 0 Å². The summed E-state index contributed by atoms with van der Waals surface area (Å²) in [7, 11) is 0. The second kappa shape index (κ2) is 5.09. The number of hydrogen-bond donors (Lipinski definition) is 1. The molecule has 6 nitrogen and oxygen atoms in total. The fourth-order valence-corrected chi connectivity index (χ4v) is 2.30. The first-order valence-electron chi connectivity index (χ1n) is 5.41. The second-order valence-electron chi connectivity index (χ2n) is 4.14. The third-order valence-electron chi connectivity index (χ3n) is 2.74. The van der Waals surface area contributed by atoms with Gasteiger partial charge in [0.15, 0.2) is 0 Å². The second-order valence-corrected chi connectivity index (χ2v) is 5.39. The van der Waals surface area contributed by atoms with Crippen molar-refractivity contribution >= 4 is 39.9 Å². The lowest BCUT2D eigenvalue weighted by Crippen LogP contribution is -2.32. The molecule has 1 aromatic rings. The summed E-state index contributed by atoms with van der Waals surface area (Å²) in [6.45, 7) is -0.202. The van der Waals surface area contributed by atoms with E-state index in [9.17, 15) is 14.9 Å². The highest BCUT2D eigenvalue weighted by molar-refractivity contribution is 14.1. The van der Waals surface area contributed by atoms with Crippen LogP contribution in [-0.4, -0.2) is 28.6 Å². The van der Waals surface area contributed by atoms with Gasteiger partial charge in [-0.3, -0.25) is 14.9 Å². The maximum Gasteiger partial charge on any atom is 0.323 e. The average Bonchev–Trinajstić information content (AvgIpc) is 3.09. The number of benzene rings is 1. The Labute approximate surface area is 117 Å². The molecule has 1 aliphatic rings. The smallest absolute Gasteiger partial charge is 0.323 e. The number of nitro benzene ring substituents is 1. The van der Waals surface area contributed by atoms with Gasteiger partial charge >= 0.3 is 5.97 Å². The number of rotatable bonds is 5. The van der Waals surface area contributed by atoms with E-state index in [1.165, 1.54) is 6.07 Å². The Morgan fingerprint density at radius 2 is 2.22 bits per heavy atom. The molecule has 0 heterocycles. The highest BCUT2D eigenvalue weighted by Gasteiger charge is 2.34.